The number of likely N-dealkylation sites (tertiary alicyclic amines) is 1. The number of para-hydroxylation sites is 3. The van der Waals surface area contributed by atoms with E-state index in [1.165, 1.54) is 5.56 Å². The van der Waals surface area contributed by atoms with Gasteiger partial charge in [0.1, 0.15) is 11.5 Å². The predicted octanol–water partition coefficient (Wildman–Crippen LogP) is 4.38. The lowest BCUT2D eigenvalue weighted by Crippen LogP contribution is -2.40. The van der Waals surface area contributed by atoms with Crippen LogP contribution in [-0.2, 0) is 7.05 Å². The third-order valence-electron chi connectivity index (χ3n) is 5.98. The van der Waals surface area contributed by atoms with Crippen LogP contribution in [0.2, 0.25) is 0 Å². The zero-order valence-corrected chi connectivity index (χ0v) is 16.3. The summed E-state index contributed by atoms with van der Waals surface area (Å²) in [5, 5.41) is 1.12. The first kappa shape index (κ1) is 17.0. The standard InChI is InChI=1S/C23H24N4O/c1-15-7-5-8-16-13-20(26(2)21(15)16)23(28)27-12-6-9-17(14-27)22-24-18-10-3-4-11-19(18)25-22/h3-5,7-8,10-11,13,17H,6,9,12,14H2,1-2H3,(H,24,25). The second kappa shape index (κ2) is 6.51. The number of benzene rings is 2. The fourth-order valence-corrected chi connectivity index (χ4v) is 4.54. The molecular weight excluding hydrogens is 348 g/mol. The monoisotopic (exact) mass is 372 g/mol. The summed E-state index contributed by atoms with van der Waals surface area (Å²) in [4.78, 5) is 23.5. The molecule has 3 heterocycles. The summed E-state index contributed by atoms with van der Waals surface area (Å²) < 4.78 is 2.04. The number of fused-ring (bicyclic) bond motifs is 2. The SMILES string of the molecule is Cc1cccc2cc(C(=O)N3CCCC(c4nc5ccccc5[nH]4)C3)n(C)c12. The van der Waals surface area contributed by atoms with Crippen LogP contribution in [0.4, 0.5) is 0 Å². The minimum absolute atomic E-state index is 0.110. The van der Waals surface area contributed by atoms with Crippen LogP contribution in [0.1, 0.15) is 40.6 Å². The van der Waals surface area contributed by atoms with E-state index in [2.05, 4.69) is 30.1 Å². The Balaban J connectivity index is 1.44. The van der Waals surface area contributed by atoms with Crippen LogP contribution in [-0.4, -0.2) is 38.4 Å². The minimum Gasteiger partial charge on any atom is -0.342 e. The fourth-order valence-electron chi connectivity index (χ4n) is 4.54. The van der Waals surface area contributed by atoms with Gasteiger partial charge in [0.2, 0.25) is 0 Å². The van der Waals surface area contributed by atoms with Gasteiger partial charge in [-0.2, -0.15) is 0 Å². The van der Waals surface area contributed by atoms with E-state index in [0.717, 1.165) is 52.8 Å². The fraction of sp³-hybridized carbons (Fsp3) is 0.304. The first-order valence-electron chi connectivity index (χ1n) is 9.91. The Morgan fingerprint density at radius 1 is 1.18 bits per heavy atom. The van der Waals surface area contributed by atoms with Crippen molar-refractivity contribution in [3.63, 3.8) is 0 Å². The van der Waals surface area contributed by atoms with Crippen LogP contribution in [0, 0.1) is 6.92 Å². The number of nitrogens with zero attached hydrogens (tertiary/aromatic N) is 3. The quantitative estimate of drug-likeness (QED) is 0.568. The van der Waals surface area contributed by atoms with Crippen LogP contribution >= 0.6 is 0 Å². The molecule has 4 aromatic rings. The van der Waals surface area contributed by atoms with Gasteiger partial charge in [0.05, 0.1) is 16.6 Å². The van der Waals surface area contributed by atoms with Crippen molar-refractivity contribution in [2.45, 2.75) is 25.7 Å². The molecular formula is C23H24N4O. The highest BCUT2D eigenvalue weighted by molar-refractivity contribution is 5.99. The largest absolute Gasteiger partial charge is 0.342 e. The molecule has 0 saturated carbocycles. The van der Waals surface area contributed by atoms with Crippen molar-refractivity contribution >= 4 is 27.8 Å². The molecule has 1 fully saturated rings. The number of rotatable bonds is 2. The van der Waals surface area contributed by atoms with E-state index in [1.807, 2.05) is 46.8 Å². The number of carbonyl (C=O) groups excluding carboxylic acids is 1. The molecule has 5 rings (SSSR count). The lowest BCUT2D eigenvalue weighted by molar-refractivity contribution is 0.0695. The number of aryl methyl sites for hydroxylation is 2. The molecule has 2 aromatic heterocycles. The highest BCUT2D eigenvalue weighted by Gasteiger charge is 2.29. The number of imidazole rings is 1. The Kier molecular flexibility index (Phi) is 3.97. The number of piperidine rings is 1. The molecule has 5 heteroatoms. The number of hydrogen-bond acceptors (Lipinski definition) is 2. The minimum atomic E-state index is 0.110. The van der Waals surface area contributed by atoms with E-state index in [1.54, 1.807) is 0 Å². The normalized spacial score (nSPS) is 17.5. The van der Waals surface area contributed by atoms with Gasteiger partial charge in [-0.3, -0.25) is 4.79 Å². The number of amides is 1. The molecule has 1 aliphatic heterocycles. The topological polar surface area (TPSA) is 53.9 Å². The molecule has 28 heavy (non-hydrogen) atoms. The van der Waals surface area contributed by atoms with Crippen molar-refractivity contribution in [1.82, 2.24) is 19.4 Å². The molecule has 1 atom stereocenters. The van der Waals surface area contributed by atoms with Gasteiger partial charge in [-0.1, -0.05) is 30.3 Å². The van der Waals surface area contributed by atoms with Crippen LogP contribution in [0.5, 0.6) is 0 Å². The molecule has 1 unspecified atom stereocenters. The first-order chi connectivity index (χ1) is 13.6. The van der Waals surface area contributed by atoms with E-state index in [4.69, 9.17) is 4.98 Å². The summed E-state index contributed by atoms with van der Waals surface area (Å²) >= 11 is 0. The molecule has 1 amide bonds. The summed E-state index contributed by atoms with van der Waals surface area (Å²) in [6, 6.07) is 16.3. The van der Waals surface area contributed by atoms with Crippen LogP contribution < -0.4 is 0 Å². The van der Waals surface area contributed by atoms with Gasteiger partial charge in [-0.25, -0.2) is 4.98 Å². The summed E-state index contributed by atoms with van der Waals surface area (Å²) in [6.45, 7) is 3.60. The average Bonchev–Trinajstić information content (AvgIpc) is 3.30. The van der Waals surface area contributed by atoms with Crippen molar-refractivity contribution in [2.24, 2.45) is 7.05 Å². The van der Waals surface area contributed by atoms with Gasteiger partial charge in [0.15, 0.2) is 0 Å². The number of hydrogen-bond donors (Lipinski definition) is 1. The van der Waals surface area contributed by atoms with E-state index in [9.17, 15) is 4.79 Å². The lowest BCUT2D eigenvalue weighted by atomic mass is 9.97. The molecule has 1 aliphatic rings. The van der Waals surface area contributed by atoms with E-state index in [-0.39, 0.29) is 11.8 Å². The maximum absolute atomic E-state index is 13.3. The maximum Gasteiger partial charge on any atom is 0.270 e. The highest BCUT2D eigenvalue weighted by atomic mass is 16.2. The van der Waals surface area contributed by atoms with Gasteiger partial charge in [0, 0.05) is 31.4 Å². The molecule has 5 nitrogen and oxygen atoms in total. The molecule has 142 valence electrons. The van der Waals surface area contributed by atoms with Crippen molar-refractivity contribution < 1.29 is 4.79 Å². The number of aromatic amines is 1. The zero-order chi connectivity index (χ0) is 19.3. The summed E-state index contributed by atoms with van der Waals surface area (Å²) in [7, 11) is 1.99. The van der Waals surface area contributed by atoms with Gasteiger partial charge < -0.3 is 14.5 Å². The number of aromatic nitrogens is 3. The lowest BCUT2D eigenvalue weighted by Gasteiger charge is -2.32. The third kappa shape index (κ3) is 2.70. The Morgan fingerprint density at radius 2 is 2.04 bits per heavy atom. The van der Waals surface area contributed by atoms with Crippen molar-refractivity contribution in [1.29, 1.82) is 0 Å². The van der Waals surface area contributed by atoms with E-state index < -0.39 is 0 Å². The summed E-state index contributed by atoms with van der Waals surface area (Å²) in [5.74, 6) is 1.35. The first-order valence-corrected chi connectivity index (χ1v) is 9.91. The average molecular weight is 372 g/mol. The molecule has 0 bridgehead atoms. The van der Waals surface area contributed by atoms with Crippen molar-refractivity contribution in [3.05, 3.63) is 65.6 Å². The Labute approximate surface area is 164 Å². The smallest absolute Gasteiger partial charge is 0.270 e. The highest BCUT2D eigenvalue weighted by Crippen LogP contribution is 2.29. The van der Waals surface area contributed by atoms with E-state index >= 15 is 0 Å². The summed E-state index contributed by atoms with van der Waals surface area (Å²) in [6.07, 6.45) is 2.05. The van der Waals surface area contributed by atoms with Crippen LogP contribution in [0.3, 0.4) is 0 Å². The Bertz CT molecular complexity index is 1150. The molecule has 0 radical (unpaired) electrons. The Hall–Kier alpha value is -3.08. The van der Waals surface area contributed by atoms with Crippen LogP contribution in [0.25, 0.3) is 21.9 Å². The van der Waals surface area contributed by atoms with Gasteiger partial charge in [0.25, 0.3) is 5.91 Å². The Morgan fingerprint density at radius 3 is 2.86 bits per heavy atom. The van der Waals surface area contributed by atoms with Crippen LogP contribution in [0.15, 0.2) is 48.5 Å². The van der Waals surface area contributed by atoms with Gasteiger partial charge in [-0.15, -0.1) is 0 Å². The molecule has 1 N–H and O–H groups in total. The molecule has 0 aliphatic carbocycles. The predicted molar refractivity (Wildman–Crippen MR) is 112 cm³/mol. The second-order valence-corrected chi connectivity index (χ2v) is 7.83. The molecule has 0 spiro atoms. The van der Waals surface area contributed by atoms with Gasteiger partial charge in [-0.05, 0) is 43.5 Å². The number of H-pyrrole nitrogens is 1. The van der Waals surface area contributed by atoms with Crippen molar-refractivity contribution in [3.8, 4) is 0 Å². The second-order valence-electron chi connectivity index (χ2n) is 7.83. The number of nitrogens with one attached hydrogen (secondary N) is 1. The maximum atomic E-state index is 13.3. The molecule has 2 aromatic carbocycles. The molecule has 1 saturated heterocycles. The number of carbonyl (C=O) groups is 1. The van der Waals surface area contributed by atoms with Crippen molar-refractivity contribution in [2.75, 3.05) is 13.1 Å². The zero-order valence-electron chi connectivity index (χ0n) is 16.3. The third-order valence-corrected chi connectivity index (χ3v) is 5.98. The van der Waals surface area contributed by atoms with E-state index in [0.29, 0.717) is 6.54 Å². The summed E-state index contributed by atoms with van der Waals surface area (Å²) in [5.41, 5.74) is 5.14. The van der Waals surface area contributed by atoms with Gasteiger partial charge >= 0.3 is 0 Å².